The van der Waals surface area contributed by atoms with Crippen LogP contribution in [0.2, 0.25) is 0 Å². The van der Waals surface area contributed by atoms with Crippen LogP contribution in [0.1, 0.15) is 40.5 Å². The Morgan fingerprint density at radius 2 is 2.26 bits per heavy atom. The summed E-state index contributed by atoms with van der Waals surface area (Å²) in [7, 11) is 0. The van der Waals surface area contributed by atoms with Gasteiger partial charge < -0.3 is 9.88 Å². The quantitative estimate of drug-likeness (QED) is 0.605. The molecule has 5 rings (SSSR count). The highest BCUT2D eigenvalue weighted by Gasteiger charge is 2.37. The van der Waals surface area contributed by atoms with Crippen LogP contribution in [0.15, 0.2) is 49.1 Å². The van der Waals surface area contributed by atoms with E-state index in [0.29, 0.717) is 18.8 Å². The van der Waals surface area contributed by atoms with Crippen LogP contribution in [-0.2, 0) is 13.0 Å². The van der Waals surface area contributed by atoms with Crippen LogP contribution in [0.5, 0.6) is 0 Å². The standard InChI is InChI=1S/C19H19N7O/c1-2-25-16(6-8-22-25)19(27)24-10-7-14-17(21-12-20-14)18(24)15-11-13-5-3-4-9-26(13)23-15/h3-6,8-9,11-12,18H,2,7,10H2,1H3,(H,20,21)/t18-/m0/s1. The van der Waals surface area contributed by atoms with Gasteiger partial charge in [0.1, 0.15) is 11.7 Å². The molecule has 0 saturated heterocycles. The molecule has 0 aromatic carbocycles. The maximum Gasteiger partial charge on any atom is 0.273 e. The number of nitrogens with one attached hydrogen (secondary N) is 1. The lowest BCUT2D eigenvalue weighted by atomic mass is 9.99. The Kier molecular flexibility index (Phi) is 3.56. The number of hydrogen-bond acceptors (Lipinski definition) is 4. The molecule has 5 heterocycles. The second-order valence-electron chi connectivity index (χ2n) is 6.59. The highest BCUT2D eigenvalue weighted by Crippen LogP contribution is 2.34. The third-order valence-corrected chi connectivity index (χ3v) is 5.09. The molecule has 0 radical (unpaired) electrons. The van der Waals surface area contributed by atoms with E-state index < -0.39 is 0 Å². The van der Waals surface area contributed by atoms with E-state index in [1.165, 1.54) is 0 Å². The van der Waals surface area contributed by atoms with Crippen molar-refractivity contribution in [3.05, 3.63) is 71.8 Å². The summed E-state index contributed by atoms with van der Waals surface area (Å²) in [5.41, 5.74) is 4.31. The number of aryl methyl sites for hydroxylation is 1. The zero-order valence-corrected chi connectivity index (χ0v) is 14.9. The first-order valence-electron chi connectivity index (χ1n) is 9.05. The first kappa shape index (κ1) is 15.8. The number of aromatic nitrogens is 6. The van der Waals surface area contributed by atoms with E-state index in [1.807, 2.05) is 46.8 Å². The SMILES string of the molecule is CCn1nccc1C(=O)N1CCc2[nH]cnc2[C@@H]1c1cc2ccccn2n1. The Morgan fingerprint density at radius 3 is 3.11 bits per heavy atom. The maximum atomic E-state index is 13.4. The topological polar surface area (TPSA) is 84.1 Å². The van der Waals surface area contributed by atoms with Crippen LogP contribution in [0.25, 0.3) is 5.52 Å². The molecule has 136 valence electrons. The fraction of sp³-hybridized carbons (Fsp3) is 0.263. The second-order valence-corrected chi connectivity index (χ2v) is 6.59. The third kappa shape index (κ3) is 2.44. The predicted octanol–water partition coefficient (Wildman–Crippen LogP) is 2.06. The molecule has 4 aromatic rings. The second kappa shape index (κ2) is 6.08. The van der Waals surface area contributed by atoms with E-state index in [-0.39, 0.29) is 11.9 Å². The molecule has 27 heavy (non-hydrogen) atoms. The van der Waals surface area contributed by atoms with Gasteiger partial charge in [-0.25, -0.2) is 9.50 Å². The first-order chi connectivity index (χ1) is 13.3. The molecule has 0 fully saturated rings. The van der Waals surface area contributed by atoms with Gasteiger partial charge in [-0.3, -0.25) is 9.48 Å². The minimum atomic E-state index is -0.326. The first-order valence-corrected chi connectivity index (χ1v) is 9.05. The fourth-order valence-electron chi connectivity index (χ4n) is 3.80. The van der Waals surface area contributed by atoms with Gasteiger partial charge in [0.25, 0.3) is 5.91 Å². The Balaban J connectivity index is 1.63. The number of hydrogen-bond donors (Lipinski definition) is 1. The molecule has 1 atom stereocenters. The monoisotopic (exact) mass is 361 g/mol. The maximum absolute atomic E-state index is 13.4. The number of amides is 1. The molecule has 1 aliphatic heterocycles. The average molecular weight is 361 g/mol. The zero-order valence-electron chi connectivity index (χ0n) is 14.9. The van der Waals surface area contributed by atoms with Crippen molar-refractivity contribution >= 4 is 11.4 Å². The van der Waals surface area contributed by atoms with E-state index in [2.05, 4.69) is 15.1 Å². The highest BCUT2D eigenvalue weighted by molar-refractivity contribution is 5.93. The lowest BCUT2D eigenvalue weighted by Crippen LogP contribution is -2.41. The molecule has 0 aliphatic carbocycles. The van der Waals surface area contributed by atoms with Gasteiger partial charge in [0.2, 0.25) is 0 Å². The van der Waals surface area contributed by atoms with Gasteiger partial charge in [-0.1, -0.05) is 6.07 Å². The molecule has 0 bridgehead atoms. The number of fused-ring (bicyclic) bond motifs is 2. The van der Waals surface area contributed by atoms with Crippen molar-refractivity contribution < 1.29 is 4.79 Å². The molecule has 1 aliphatic rings. The van der Waals surface area contributed by atoms with Crippen LogP contribution < -0.4 is 0 Å². The predicted molar refractivity (Wildman–Crippen MR) is 98.3 cm³/mol. The van der Waals surface area contributed by atoms with E-state index in [4.69, 9.17) is 5.10 Å². The highest BCUT2D eigenvalue weighted by atomic mass is 16.2. The molecule has 0 unspecified atom stereocenters. The minimum Gasteiger partial charge on any atom is -0.348 e. The third-order valence-electron chi connectivity index (χ3n) is 5.09. The zero-order chi connectivity index (χ0) is 18.4. The summed E-state index contributed by atoms with van der Waals surface area (Å²) in [6.07, 6.45) is 6.01. The summed E-state index contributed by atoms with van der Waals surface area (Å²) in [6, 6.07) is 9.38. The van der Waals surface area contributed by atoms with Crippen molar-refractivity contribution in [3.8, 4) is 0 Å². The van der Waals surface area contributed by atoms with E-state index in [9.17, 15) is 4.79 Å². The molecular formula is C19H19N7O. The normalized spacial score (nSPS) is 16.6. The van der Waals surface area contributed by atoms with Crippen LogP contribution >= 0.6 is 0 Å². The Bertz CT molecular complexity index is 1090. The van der Waals surface area contributed by atoms with Crippen molar-refractivity contribution in [2.75, 3.05) is 6.54 Å². The summed E-state index contributed by atoms with van der Waals surface area (Å²) in [5.74, 6) is -0.0509. The Hall–Kier alpha value is -3.42. The van der Waals surface area contributed by atoms with Gasteiger partial charge in [-0.2, -0.15) is 10.2 Å². The molecule has 4 aromatic heterocycles. The number of pyridine rings is 1. The minimum absolute atomic E-state index is 0.0509. The summed E-state index contributed by atoms with van der Waals surface area (Å²) in [5, 5.41) is 8.96. The van der Waals surface area contributed by atoms with Gasteiger partial charge >= 0.3 is 0 Å². The number of nitrogens with zero attached hydrogens (tertiary/aromatic N) is 6. The van der Waals surface area contributed by atoms with Gasteiger partial charge in [0.15, 0.2) is 0 Å². The molecule has 1 amide bonds. The molecule has 1 N–H and O–H groups in total. The van der Waals surface area contributed by atoms with Gasteiger partial charge in [0.05, 0.1) is 23.2 Å². The number of aromatic amines is 1. The number of carbonyl (C=O) groups excluding carboxylic acids is 1. The van der Waals surface area contributed by atoms with Crippen LogP contribution in [0.3, 0.4) is 0 Å². The van der Waals surface area contributed by atoms with Gasteiger partial charge in [0, 0.05) is 37.6 Å². The smallest absolute Gasteiger partial charge is 0.273 e. The lowest BCUT2D eigenvalue weighted by molar-refractivity contribution is 0.0674. The van der Waals surface area contributed by atoms with Crippen LogP contribution in [-0.4, -0.2) is 46.7 Å². The molecular weight excluding hydrogens is 342 g/mol. The molecule has 0 saturated carbocycles. The van der Waals surface area contributed by atoms with Crippen molar-refractivity contribution in [1.82, 2.24) is 34.3 Å². The van der Waals surface area contributed by atoms with Crippen LogP contribution in [0, 0.1) is 0 Å². The van der Waals surface area contributed by atoms with Gasteiger partial charge in [-0.15, -0.1) is 0 Å². The Labute approximate surface area is 155 Å². The molecule has 8 nitrogen and oxygen atoms in total. The van der Waals surface area contributed by atoms with Crippen molar-refractivity contribution in [2.24, 2.45) is 0 Å². The number of rotatable bonds is 3. The summed E-state index contributed by atoms with van der Waals surface area (Å²) >= 11 is 0. The van der Waals surface area contributed by atoms with E-state index in [1.54, 1.807) is 23.3 Å². The Morgan fingerprint density at radius 1 is 1.33 bits per heavy atom. The van der Waals surface area contributed by atoms with E-state index in [0.717, 1.165) is 29.0 Å². The van der Waals surface area contributed by atoms with Crippen molar-refractivity contribution in [2.45, 2.75) is 25.9 Å². The number of H-pyrrole nitrogens is 1. The molecule has 8 heteroatoms. The summed E-state index contributed by atoms with van der Waals surface area (Å²) < 4.78 is 3.55. The summed E-state index contributed by atoms with van der Waals surface area (Å²) in [4.78, 5) is 22.9. The average Bonchev–Trinajstić information content (AvgIpc) is 3.44. The van der Waals surface area contributed by atoms with Gasteiger partial charge in [-0.05, 0) is 31.2 Å². The lowest BCUT2D eigenvalue weighted by Gasteiger charge is -2.34. The summed E-state index contributed by atoms with van der Waals surface area (Å²) in [6.45, 7) is 3.22. The number of carbonyl (C=O) groups is 1. The largest absolute Gasteiger partial charge is 0.348 e. The fourth-order valence-corrected chi connectivity index (χ4v) is 3.80. The van der Waals surface area contributed by atoms with Crippen LogP contribution in [0.4, 0.5) is 0 Å². The molecule has 0 spiro atoms. The van der Waals surface area contributed by atoms with Crippen molar-refractivity contribution in [3.63, 3.8) is 0 Å². The number of imidazole rings is 1. The van der Waals surface area contributed by atoms with E-state index >= 15 is 0 Å². The van der Waals surface area contributed by atoms with Crippen molar-refractivity contribution in [1.29, 1.82) is 0 Å².